The van der Waals surface area contributed by atoms with Gasteiger partial charge >= 0.3 is 0 Å². The van der Waals surface area contributed by atoms with Crippen molar-refractivity contribution in [3.63, 3.8) is 0 Å². The minimum atomic E-state index is -3.14. The van der Waals surface area contributed by atoms with Gasteiger partial charge in [0.15, 0.2) is 16.1 Å². The van der Waals surface area contributed by atoms with Crippen LogP contribution in [0.4, 0.5) is 0 Å². The molecule has 13 aromatic rings. The van der Waals surface area contributed by atoms with E-state index in [0.29, 0.717) is 0 Å². The lowest BCUT2D eigenvalue weighted by Gasteiger charge is -2.40. The van der Waals surface area contributed by atoms with Crippen LogP contribution in [0, 0.1) is 0 Å². The summed E-state index contributed by atoms with van der Waals surface area (Å²) < 4.78 is 11.8. The van der Waals surface area contributed by atoms with Crippen molar-refractivity contribution in [1.82, 2.24) is 18.9 Å². The van der Waals surface area contributed by atoms with Crippen molar-refractivity contribution < 1.29 is 4.74 Å². The van der Waals surface area contributed by atoms with E-state index in [1.807, 2.05) is 18.5 Å². The van der Waals surface area contributed by atoms with Crippen LogP contribution >= 0.6 is 0 Å². The molecule has 0 N–H and O–H groups in total. The molecule has 0 bridgehead atoms. The maximum Gasteiger partial charge on any atom is 0.191 e. The average molecular weight is 915 g/mol. The normalized spacial score (nSPS) is 13.2. The van der Waals surface area contributed by atoms with Crippen molar-refractivity contribution in [2.75, 3.05) is 0 Å². The van der Waals surface area contributed by atoms with Crippen LogP contribution < -0.4 is 46.2 Å². The van der Waals surface area contributed by atoms with Gasteiger partial charge in [-0.1, -0.05) is 194 Å². The third kappa shape index (κ3) is 5.63. The van der Waals surface area contributed by atoms with Crippen LogP contribution in [0.15, 0.2) is 255 Å². The minimum absolute atomic E-state index is 0.858. The van der Waals surface area contributed by atoms with E-state index in [1.165, 1.54) is 57.7 Å². The summed E-state index contributed by atoms with van der Waals surface area (Å²) in [5.41, 5.74) is 4.33. The quantitative estimate of drug-likeness (QED) is 0.0912. The molecule has 0 unspecified atom stereocenters. The van der Waals surface area contributed by atoms with E-state index in [4.69, 9.17) is 14.7 Å². The van der Waals surface area contributed by atoms with E-state index in [2.05, 4.69) is 246 Å². The first-order valence-electron chi connectivity index (χ1n) is 23.6. The fourth-order valence-corrected chi connectivity index (χ4v) is 21.8. The molecule has 0 spiro atoms. The van der Waals surface area contributed by atoms with Crippen LogP contribution in [0.3, 0.4) is 0 Å². The van der Waals surface area contributed by atoms with E-state index in [0.717, 1.165) is 50.3 Å². The molecule has 0 fully saturated rings. The van der Waals surface area contributed by atoms with Gasteiger partial charge in [0.25, 0.3) is 0 Å². The number of fused-ring (bicyclic) bond motifs is 12. The number of aromatic nitrogens is 4. The summed E-state index contributed by atoms with van der Waals surface area (Å²) in [6.45, 7) is 0. The molecule has 5 nitrogen and oxygen atoms in total. The lowest BCUT2D eigenvalue weighted by atomic mass is 10.1. The summed E-state index contributed by atoms with van der Waals surface area (Å²) in [6.07, 6.45) is 5.93. The fourth-order valence-electron chi connectivity index (χ4n) is 11.9. The fraction of sp³-hybridized carbons (Fsp3) is 0. The first-order chi connectivity index (χ1) is 34.2. The number of ether oxygens (including phenoxy) is 1. The lowest BCUT2D eigenvalue weighted by Crippen LogP contribution is -2.76. The number of hydrogen-bond acceptors (Lipinski definition) is 3. The van der Waals surface area contributed by atoms with Crippen LogP contribution in [0.25, 0.3) is 54.9 Å². The zero-order valence-corrected chi connectivity index (χ0v) is 39.4. The van der Waals surface area contributed by atoms with Crippen LogP contribution in [-0.4, -0.2) is 35.1 Å². The molecule has 0 saturated carbocycles. The molecule has 1 aliphatic heterocycles. The molecule has 9 aromatic carbocycles. The van der Waals surface area contributed by atoms with Gasteiger partial charge in [-0.25, -0.2) is 9.97 Å². The standard InChI is InChI=1S/C62H42N4OSi2/c1-5-19-43(20-6-1)68(44-21-7-2-8-22-44,47-32-34-49-50-27-13-14-28-54(50)65-40-39-64-62(65)53(49)41-47)48-33-35-51-52-36-37-57-61(60(52)66(55(51)42-48)59-31-17-18-38-63-59)69(45-23-9-3-10-24-45,46-25-11-4-12-26-46)58-30-16-15-29-56(58)67-57/h1-42H. The van der Waals surface area contributed by atoms with Gasteiger partial charge in [-0.3, -0.25) is 8.97 Å². The lowest BCUT2D eigenvalue weighted by molar-refractivity contribution is 0.487. The van der Waals surface area contributed by atoms with Crippen LogP contribution in [0.1, 0.15) is 0 Å². The van der Waals surface area contributed by atoms with Crippen molar-refractivity contribution in [3.05, 3.63) is 255 Å². The van der Waals surface area contributed by atoms with Crippen LogP contribution in [0.2, 0.25) is 0 Å². The van der Waals surface area contributed by atoms with Crippen molar-refractivity contribution in [2.45, 2.75) is 0 Å². The second kappa shape index (κ2) is 15.5. The molecule has 0 saturated heterocycles. The monoisotopic (exact) mass is 914 g/mol. The molecular weight excluding hydrogens is 873 g/mol. The maximum absolute atomic E-state index is 7.11. The molecule has 0 atom stereocenters. The highest BCUT2D eigenvalue weighted by Gasteiger charge is 2.50. The molecule has 0 amide bonds. The summed E-state index contributed by atoms with van der Waals surface area (Å²) >= 11 is 0. The first-order valence-corrected chi connectivity index (χ1v) is 27.6. The van der Waals surface area contributed by atoms with E-state index >= 15 is 0 Å². The molecule has 324 valence electrons. The number of para-hydroxylation sites is 2. The van der Waals surface area contributed by atoms with Gasteiger partial charge in [-0.15, -0.1) is 0 Å². The van der Waals surface area contributed by atoms with Crippen molar-refractivity contribution in [3.8, 4) is 17.3 Å². The second-order valence-corrected chi connectivity index (χ2v) is 25.6. The zero-order valence-electron chi connectivity index (χ0n) is 37.4. The molecule has 14 rings (SSSR count). The topological polar surface area (TPSA) is 44.4 Å². The molecule has 7 heteroatoms. The van der Waals surface area contributed by atoms with Crippen molar-refractivity contribution >= 4 is 107 Å². The van der Waals surface area contributed by atoms with Gasteiger partial charge in [-0.05, 0) is 84.2 Å². The Morgan fingerprint density at radius 1 is 0.406 bits per heavy atom. The Morgan fingerprint density at radius 2 is 1.00 bits per heavy atom. The Balaban J connectivity index is 1.14. The highest BCUT2D eigenvalue weighted by molar-refractivity contribution is 7.22. The second-order valence-electron chi connectivity index (χ2n) is 18.1. The van der Waals surface area contributed by atoms with Crippen molar-refractivity contribution in [2.24, 2.45) is 0 Å². The SMILES string of the molecule is c1ccc([Si](c2ccccc2)(c2ccc3c4ccccc4n4ccnc4c3c2)c2ccc3c4ccc5c(c4n(-c4ccccn4)c3c2)[Si](c2ccccc2)(c2ccccc2)c2ccccc2O5)cc1. The van der Waals surface area contributed by atoms with E-state index in [-0.39, 0.29) is 0 Å². The smallest absolute Gasteiger partial charge is 0.191 e. The van der Waals surface area contributed by atoms with Crippen LogP contribution in [-0.2, 0) is 0 Å². The number of rotatable bonds is 7. The van der Waals surface area contributed by atoms with Gasteiger partial charge in [0, 0.05) is 45.3 Å². The Hall–Kier alpha value is -8.63. The predicted octanol–water partition coefficient (Wildman–Crippen LogP) is 8.99. The van der Waals surface area contributed by atoms with Gasteiger partial charge in [0.05, 0.1) is 16.6 Å². The van der Waals surface area contributed by atoms with Gasteiger partial charge in [0.2, 0.25) is 0 Å². The highest BCUT2D eigenvalue weighted by Crippen LogP contribution is 2.38. The van der Waals surface area contributed by atoms with Gasteiger partial charge in [-0.2, -0.15) is 0 Å². The van der Waals surface area contributed by atoms with E-state index < -0.39 is 16.1 Å². The van der Waals surface area contributed by atoms with E-state index in [9.17, 15) is 0 Å². The Bertz CT molecular complexity index is 4020. The summed E-state index contributed by atoms with van der Waals surface area (Å²) in [4.78, 5) is 10.2. The van der Waals surface area contributed by atoms with E-state index in [1.54, 1.807) is 0 Å². The van der Waals surface area contributed by atoms with Gasteiger partial charge in [0.1, 0.15) is 23.0 Å². The van der Waals surface area contributed by atoms with Gasteiger partial charge < -0.3 is 4.74 Å². The molecule has 5 heterocycles. The highest BCUT2D eigenvalue weighted by atomic mass is 28.3. The average Bonchev–Trinajstić information content (AvgIpc) is 4.06. The molecule has 4 aromatic heterocycles. The Morgan fingerprint density at radius 3 is 1.71 bits per heavy atom. The molecule has 69 heavy (non-hydrogen) atoms. The number of imidazole rings is 1. The third-order valence-electron chi connectivity index (χ3n) is 14.7. The Labute approximate surface area is 400 Å². The summed E-state index contributed by atoms with van der Waals surface area (Å²) in [5.74, 6) is 2.65. The molecule has 1 aliphatic rings. The number of nitrogens with zero attached hydrogens (tertiary/aromatic N) is 4. The van der Waals surface area contributed by atoms with Crippen LogP contribution in [0.5, 0.6) is 11.5 Å². The first kappa shape index (κ1) is 39.5. The third-order valence-corrected chi connectivity index (χ3v) is 24.3. The largest absolute Gasteiger partial charge is 0.457 e. The zero-order chi connectivity index (χ0) is 45.5. The summed E-state index contributed by atoms with van der Waals surface area (Å²) in [5, 5.41) is 16.1. The minimum Gasteiger partial charge on any atom is -0.457 e. The molecule has 0 aliphatic carbocycles. The molecule has 0 radical (unpaired) electrons. The van der Waals surface area contributed by atoms with Crippen molar-refractivity contribution in [1.29, 1.82) is 0 Å². The number of benzene rings is 9. The number of hydrogen-bond donors (Lipinski definition) is 0. The maximum atomic E-state index is 7.11. The summed E-state index contributed by atoms with van der Waals surface area (Å²) in [7, 11) is -6.25. The predicted molar refractivity (Wildman–Crippen MR) is 290 cm³/mol. The number of pyridine rings is 2. The Kier molecular flexibility index (Phi) is 8.86. The molecular formula is C62H42N4OSi2. The summed E-state index contributed by atoms with van der Waals surface area (Å²) in [6, 6.07) is 87.5.